The lowest BCUT2D eigenvalue weighted by Crippen LogP contribution is -2.44. The van der Waals surface area contributed by atoms with Gasteiger partial charge < -0.3 is 9.47 Å². The first-order chi connectivity index (χ1) is 14.6. The fraction of sp³-hybridized carbons (Fsp3) is 0.400. The first-order valence-corrected chi connectivity index (χ1v) is 10.9. The lowest BCUT2D eigenvalue weighted by atomic mass is 9.79. The van der Waals surface area contributed by atoms with E-state index in [1.54, 1.807) is 23.9 Å². The molecule has 0 N–H and O–H groups in total. The third-order valence-corrected chi connectivity index (χ3v) is 5.93. The molecule has 3 aromatic rings. The fourth-order valence-electron chi connectivity index (χ4n) is 4.78. The number of rotatable bonds is 4. The van der Waals surface area contributed by atoms with Gasteiger partial charge in [0.1, 0.15) is 17.3 Å². The Hall–Kier alpha value is -2.37. The molecule has 1 saturated heterocycles. The van der Waals surface area contributed by atoms with Gasteiger partial charge in [-0.1, -0.05) is 23.7 Å². The van der Waals surface area contributed by atoms with Crippen molar-refractivity contribution in [3.05, 3.63) is 65.1 Å². The average molecular weight is 443 g/mol. The number of ether oxygens (including phenoxy) is 2. The third kappa shape index (κ3) is 4.48. The van der Waals surface area contributed by atoms with Gasteiger partial charge in [0.15, 0.2) is 0 Å². The van der Waals surface area contributed by atoms with Crippen molar-refractivity contribution < 1.29 is 13.9 Å². The molecule has 0 aliphatic carbocycles. The molecule has 0 bridgehead atoms. The van der Waals surface area contributed by atoms with Crippen molar-refractivity contribution in [3.63, 3.8) is 0 Å². The van der Waals surface area contributed by atoms with Crippen LogP contribution < -0.4 is 4.74 Å². The van der Waals surface area contributed by atoms with Gasteiger partial charge in [0.25, 0.3) is 0 Å². The first-order valence-electron chi connectivity index (χ1n) is 10.5. The molecular weight excluding hydrogens is 415 g/mol. The number of aromatic nitrogens is 2. The molecule has 4 nitrogen and oxygen atoms in total. The van der Waals surface area contributed by atoms with Crippen molar-refractivity contribution in [3.8, 4) is 22.7 Å². The Morgan fingerprint density at radius 3 is 2.39 bits per heavy atom. The topological polar surface area (TPSA) is 36.3 Å². The molecule has 0 atom stereocenters. The zero-order valence-electron chi connectivity index (χ0n) is 18.6. The van der Waals surface area contributed by atoms with Crippen molar-refractivity contribution in [1.29, 1.82) is 0 Å². The van der Waals surface area contributed by atoms with E-state index in [1.165, 1.54) is 6.07 Å². The zero-order valence-corrected chi connectivity index (χ0v) is 19.3. The highest BCUT2D eigenvalue weighted by Crippen LogP contribution is 2.44. The molecule has 1 aliphatic heterocycles. The standard InChI is InChI=1S/C25H28ClFN2O2/c1-24(2)14-16(15-25(3,4)31-24)20-13-22(18-11-10-17(26)12-19(18)27)29(28-20)21-8-6-7-9-23(21)30-5/h6-13,16H,14-15H2,1-5H3. The maximum Gasteiger partial charge on any atom is 0.144 e. The summed E-state index contributed by atoms with van der Waals surface area (Å²) in [5, 5.41) is 5.32. The Balaban J connectivity index is 1.89. The van der Waals surface area contributed by atoms with Crippen LogP contribution in [0.2, 0.25) is 5.02 Å². The summed E-state index contributed by atoms with van der Waals surface area (Å²) >= 11 is 6.00. The molecule has 164 valence electrons. The maximum absolute atomic E-state index is 14.9. The highest BCUT2D eigenvalue weighted by Gasteiger charge is 2.41. The summed E-state index contributed by atoms with van der Waals surface area (Å²) in [4.78, 5) is 0. The van der Waals surface area contributed by atoms with Crippen molar-refractivity contribution in [2.75, 3.05) is 7.11 Å². The van der Waals surface area contributed by atoms with E-state index >= 15 is 0 Å². The summed E-state index contributed by atoms with van der Waals surface area (Å²) in [5.41, 5.74) is 2.24. The second-order valence-corrected chi connectivity index (χ2v) is 9.83. The molecule has 0 radical (unpaired) electrons. The molecule has 2 heterocycles. The Morgan fingerprint density at radius 2 is 1.74 bits per heavy atom. The van der Waals surface area contributed by atoms with Gasteiger partial charge in [-0.15, -0.1) is 0 Å². The van der Waals surface area contributed by atoms with Gasteiger partial charge in [-0.05, 0) is 76.9 Å². The van der Waals surface area contributed by atoms with Crippen LogP contribution in [0.25, 0.3) is 16.9 Å². The lowest BCUT2D eigenvalue weighted by molar-refractivity contribution is -0.162. The zero-order chi connectivity index (χ0) is 22.4. The van der Waals surface area contributed by atoms with E-state index < -0.39 is 0 Å². The second kappa shape index (κ2) is 7.95. The summed E-state index contributed by atoms with van der Waals surface area (Å²) in [7, 11) is 1.62. The van der Waals surface area contributed by atoms with Gasteiger partial charge in [-0.2, -0.15) is 5.10 Å². The molecule has 1 aliphatic rings. The highest BCUT2D eigenvalue weighted by atomic mass is 35.5. The van der Waals surface area contributed by atoms with Crippen LogP contribution >= 0.6 is 11.6 Å². The van der Waals surface area contributed by atoms with Gasteiger partial charge in [-0.3, -0.25) is 0 Å². The Kier molecular flexibility index (Phi) is 5.61. The molecule has 6 heteroatoms. The second-order valence-electron chi connectivity index (χ2n) is 9.39. The summed E-state index contributed by atoms with van der Waals surface area (Å²) in [6, 6.07) is 14.3. The minimum Gasteiger partial charge on any atom is -0.494 e. The molecular formula is C25H28ClFN2O2. The first kappa shape index (κ1) is 21.8. The Labute approximate surface area is 187 Å². The summed E-state index contributed by atoms with van der Waals surface area (Å²) in [6.45, 7) is 8.44. The molecule has 2 aromatic carbocycles. The normalized spacial score (nSPS) is 18.2. The molecule has 0 amide bonds. The Morgan fingerprint density at radius 1 is 1.06 bits per heavy atom. The monoisotopic (exact) mass is 442 g/mol. The SMILES string of the molecule is COc1ccccc1-n1nc(C2CC(C)(C)OC(C)(C)C2)cc1-c1ccc(Cl)cc1F. The van der Waals surface area contributed by atoms with E-state index in [1.807, 2.05) is 30.3 Å². The molecule has 1 fully saturated rings. The van der Waals surface area contributed by atoms with Crippen molar-refractivity contribution in [2.24, 2.45) is 0 Å². The molecule has 1 aromatic heterocycles. The van der Waals surface area contributed by atoms with E-state index in [9.17, 15) is 4.39 Å². The smallest absolute Gasteiger partial charge is 0.144 e. The van der Waals surface area contributed by atoms with Crippen LogP contribution in [-0.4, -0.2) is 28.1 Å². The largest absolute Gasteiger partial charge is 0.494 e. The van der Waals surface area contributed by atoms with E-state index in [2.05, 4.69) is 27.7 Å². The number of benzene rings is 2. The minimum absolute atomic E-state index is 0.184. The molecule has 0 spiro atoms. The van der Waals surface area contributed by atoms with E-state index in [4.69, 9.17) is 26.2 Å². The predicted molar refractivity (Wildman–Crippen MR) is 122 cm³/mol. The molecule has 31 heavy (non-hydrogen) atoms. The van der Waals surface area contributed by atoms with Crippen LogP contribution in [0.15, 0.2) is 48.5 Å². The van der Waals surface area contributed by atoms with Crippen LogP contribution in [-0.2, 0) is 4.74 Å². The van der Waals surface area contributed by atoms with Gasteiger partial charge in [-0.25, -0.2) is 9.07 Å². The molecule has 4 rings (SSSR count). The van der Waals surface area contributed by atoms with Crippen LogP contribution in [0.5, 0.6) is 5.75 Å². The van der Waals surface area contributed by atoms with Crippen LogP contribution in [0.3, 0.4) is 0 Å². The summed E-state index contributed by atoms with van der Waals surface area (Å²) < 4.78 is 28.5. The highest BCUT2D eigenvalue weighted by molar-refractivity contribution is 6.30. The predicted octanol–water partition coefficient (Wildman–Crippen LogP) is 6.79. The van der Waals surface area contributed by atoms with Crippen molar-refractivity contribution >= 4 is 11.6 Å². The number of hydrogen-bond acceptors (Lipinski definition) is 3. The van der Waals surface area contributed by atoms with Gasteiger partial charge in [0, 0.05) is 16.5 Å². The van der Waals surface area contributed by atoms with Gasteiger partial charge >= 0.3 is 0 Å². The lowest BCUT2D eigenvalue weighted by Gasteiger charge is -2.45. The van der Waals surface area contributed by atoms with Crippen LogP contribution in [0.4, 0.5) is 4.39 Å². The summed E-state index contributed by atoms with van der Waals surface area (Å²) in [6.07, 6.45) is 1.67. The van der Waals surface area contributed by atoms with Crippen molar-refractivity contribution in [2.45, 2.75) is 57.7 Å². The molecule has 0 unspecified atom stereocenters. The van der Waals surface area contributed by atoms with E-state index in [0.717, 1.165) is 24.2 Å². The Bertz CT molecular complexity index is 1090. The number of nitrogens with zero attached hydrogens (tertiary/aromatic N) is 2. The molecule has 0 saturated carbocycles. The number of methoxy groups -OCH3 is 1. The van der Waals surface area contributed by atoms with Crippen LogP contribution in [0, 0.1) is 5.82 Å². The van der Waals surface area contributed by atoms with Crippen molar-refractivity contribution in [1.82, 2.24) is 9.78 Å². The number of halogens is 2. The maximum atomic E-state index is 14.9. The minimum atomic E-state index is -0.386. The average Bonchev–Trinajstić information content (AvgIpc) is 3.10. The quantitative estimate of drug-likeness (QED) is 0.446. The fourth-order valence-corrected chi connectivity index (χ4v) is 4.93. The van der Waals surface area contributed by atoms with Gasteiger partial charge in [0.05, 0.1) is 29.7 Å². The third-order valence-electron chi connectivity index (χ3n) is 5.70. The number of hydrogen-bond donors (Lipinski definition) is 0. The van der Waals surface area contributed by atoms with E-state index in [0.29, 0.717) is 22.0 Å². The van der Waals surface area contributed by atoms with E-state index in [-0.39, 0.29) is 22.9 Å². The number of para-hydroxylation sites is 2. The van der Waals surface area contributed by atoms with Crippen LogP contribution in [0.1, 0.15) is 52.1 Å². The van der Waals surface area contributed by atoms with Gasteiger partial charge in [0.2, 0.25) is 0 Å². The summed E-state index contributed by atoms with van der Waals surface area (Å²) in [5.74, 6) is 0.465.